The van der Waals surface area contributed by atoms with Crippen molar-refractivity contribution in [3.8, 4) is 0 Å². The normalized spacial score (nSPS) is 12.9. The van der Waals surface area contributed by atoms with Gasteiger partial charge >= 0.3 is 0 Å². The van der Waals surface area contributed by atoms with E-state index in [0.29, 0.717) is 13.0 Å². The third-order valence-corrected chi connectivity index (χ3v) is 3.48. The van der Waals surface area contributed by atoms with Gasteiger partial charge in [-0.05, 0) is 20.3 Å². The summed E-state index contributed by atoms with van der Waals surface area (Å²) in [6.07, 6.45) is 1.60. The average molecular weight is 314 g/mol. The van der Waals surface area contributed by atoms with Crippen molar-refractivity contribution in [3.05, 3.63) is 16.1 Å². The Bertz CT molecular complexity index is 369. The van der Waals surface area contributed by atoms with Gasteiger partial charge in [0.15, 0.2) is 0 Å². The van der Waals surface area contributed by atoms with E-state index in [9.17, 15) is 4.79 Å². The summed E-state index contributed by atoms with van der Waals surface area (Å²) in [4.78, 5) is 17.0. The van der Waals surface area contributed by atoms with Crippen LogP contribution in [0.4, 0.5) is 0 Å². The molecule has 0 fully saturated rings. The number of nitrogens with zero attached hydrogens (tertiary/aromatic N) is 1. The highest BCUT2D eigenvalue weighted by Crippen LogP contribution is 2.13. The van der Waals surface area contributed by atoms with E-state index in [1.165, 1.54) is 0 Å². The van der Waals surface area contributed by atoms with Crippen molar-refractivity contribution >= 4 is 42.1 Å². The van der Waals surface area contributed by atoms with Crippen molar-refractivity contribution in [3.63, 3.8) is 0 Å². The molecule has 1 unspecified atom stereocenters. The molecule has 0 saturated carbocycles. The Balaban J connectivity index is 0. The molecule has 106 valence electrons. The van der Waals surface area contributed by atoms with Crippen LogP contribution < -0.4 is 11.1 Å². The van der Waals surface area contributed by atoms with Gasteiger partial charge in [0.2, 0.25) is 5.91 Å². The highest BCUT2D eigenvalue weighted by molar-refractivity contribution is 7.09. The van der Waals surface area contributed by atoms with E-state index in [4.69, 9.17) is 5.73 Å². The van der Waals surface area contributed by atoms with Gasteiger partial charge in [-0.15, -0.1) is 36.2 Å². The Labute approximate surface area is 125 Å². The highest BCUT2D eigenvalue weighted by Gasteiger charge is 2.26. The molecule has 1 atom stereocenters. The first-order chi connectivity index (χ1) is 7.47. The SMILES string of the molecule is CCCC(C)(N)C(=O)NCc1scnc1C.Cl.Cl. The molecule has 1 aromatic heterocycles. The Morgan fingerprint density at radius 3 is 2.61 bits per heavy atom. The van der Waals surface area contributed by atoms with Crippen LogP contribution in [0.1, 0.15) is 37.3 Å². The summed E-state index contributed by atoms with van der Waals surface area (Å²) in [6.45, 7) is 6.24. The van der Waals surface area contributed by atoms with Crippen LogP contribution in [0.5, 0.6) is 0 Å². The lowest BCUT2D eigenvalue weighted by Gasteiger charge is -2.22. The van der Waals surface area contributed by atoms with E-state index in [1.54, 1.807) is 23.8 Å². The first-order valence-corrected chi connectivity index (χ1v) is 6.31. The Morgan fingerprint density at radius 2 is 2.17 bits per heavy atom. The molecule has 1 rings (SSSR count). The van der Waals surface area contributed by atoms with Crippen LogP contribution in [-0.2, 0) is 11.3 Å². The van der Waals surface area contributed by atoms with Crippen LogP contribution in [-0.4, -0.2) is 16.4 Å². The van der Waals surface area contributed by atoms with Gasteiger partial charge in [0.05, 0.1) is 23.3 Å². The second-order valence-electron chi connectivity index (χ2n) is 4.21. The van der Waals surface area contributed by atoms with Crippen LogP contribution >= 0.6 is 36.2 Å². The minimum absolute atomic E-state index is 0. The second kappa shape index (κ2) is 8.69. The number of carbonyl (C=O) groups is 1. The molecule has 0 aliphatic rings. The summed E-state index contributed by atoms with van der Waals surface area (Å²) < 4.78 is 0. The fourth-order valence-corrected chi connectivity index (χ4v) is 2.21. The summed E-state index contributed by atoms with van der Waals surface area (Å²) >= 11 is 1.55. The van der Waals surface area contributed by atoms with E-state index >= 15 is 0 Å². The Kier molecular flexibility index (Phi) is 9.64. The van der Waals surface area contributed by atoms with Crippen molar-refractivity contribution in [2.24, 2.45) is 5.73 Å². The van der Waals surface area contributed by atoms with Crippen LogP contribution in [0.3, 0.4) is 0 Å². The number of carbonyl (C=O) groups excluding carboxylic acids is 1. The maximum absolute atomic E-state index is 11.8. The van der Waals surface area contributed by atoms with Crippen molar-refractivity contribution in [1.29, 1.82) is 0 Å². The fraction of sp³-hybridized carbons (Fsp3) is 0.636. The topological polar surface area (TPSA) is 68.0 Å². The Hall–Kier alpha value is -0.360. The lowest BCUT2D eigenvalue weighted by Crippen LogP contribution is -2.51. The molecule has 3 N–H and O–H groups in total. The summed E-state index contributed by atoms with van der Waals surface area (Å²) in [6, 6.07) is 0. The number of hydrogen-bond acceptors (Lipinski definition) is 4. The number of amides is 1. The lowest BCUT2D eigenvalue weighted by atomic mass is 9.96. The molecule has 18 heavy (non-hydrogen) atoms. The summed E-state index contributed by atoms with van der Waals surface area (Å²) in [7, 11) is 0. The van der Waals surface area contributed by atoms with Gasteiger partial charge in [0.1, 0.15) is 0 Å². The number of aromatic nitrogens is 1. The number of nitrogens with one attached hydrogen (secondary N) is 1. The molecule has 0 aromatic carbocycles. The predicted octanol–water partition coefficient (Wildman–Crippen LogP) is 2.43. The molecule has 7 heteroatoms. The maximum Gasteiger partial charge on any atom is 0.240 e. The van der Waals surface area contributed by atoms with Crippen molar-refractivity contribution < 1.29 is 4.79 Å². The fourth-order valence-electron chi connectivity index (χ4n) is 1.49. The number of thiazole rings is 1. The summed E-state index contributed by atoms with van der Waals surface area (Å²) in [5.41, 5.74) is 7.91. The molecule has 1 heterocycles. The first kappa shape index (κ1) is 20.0. The number of halogens is 2. The van der Waals surface area contributed by atoms with E-state index in [-0.39, 0.29) is 30.7 Å². The van der Waals surface area contributed by atoms with E-state index in [0.717, 1.165) is 17.0 Å². The van der Waals surface area contributed by atoms with Crippen molar-refractivity contribution in [1.82, 2.24) is 10.3 Å². The number of nitrogens with two attached hydrogens (primary N) is 1. The molecule has 0 saturated heterocycles. The molecule has 0 bridgehead atoms. The zero-order valence-corrected chi connectivity index (χ0v) is 13.3. The molecular weight excluding hydrogens is 293 g/mol. The molecule has 0 spiro atoms. The van der Waals surface area contributed by atoms with Gasteiger partial charge in [-0.2, -0.15) is 0 Å². The molecule has 4 nitrogen and oxygen atoms in total. The number of hydrogen-bond donors (Lipinski definition) is 2. The molecule has 0 aliphatic heterocycles. The standard InChI is InChI=1S/C11H19N3OS.2ClH/c1-4-5-11(3,12)10(15)13-6-9-8(2)14-7-16-9;;/h7H,4-6,12H2,1-3H3,(H,13,15);2*1H. The second-order valence-corrected chi connectivity index (χ2v) is 5.15. The van der Waals surface area contributed by atoms with Crippen LogP contribution in [0, 0.1) is 6.92 Å². The molecule has 0 aliphatic carbocycles. The van der Waals surface area contributed by atoms with Gasteiger partial charge in [0, 0.05) is 4.88 Å². The van der Waals surface area contributed by atoms with Crippen molar-refractivity contribution in [2.75, 3.05) is 0 Å². The quantitative estimate of drug-likeness (QED) is 0.877. The number of aryl methyl sites for hydroxylation is 1. The molecule has 1 aromatic rings. The summed E-state index contributed by atoms with van der Waals surface area (Å²) in [5, 5.41) is 2.86. The van der Waals surface area contributed by atoms with Gasteiger partial charge < -0.3 is 11.1 Å². The highest BCUT2D eigenvalue weighted by atomic mass is 35.5. The molecule has 1 amide bonds. The maximum atomic E-state index is 11.8. The van der Waals surface area contributed by atoms with Gasteiger partial charge in [-0.3, -0.25) is 4.79 Å². The van der Waals surface area contributed by atoms with Crippen LogP contribution in [0.25, 0.3) is 0 Å². The van der Waals surface area contributed by atoms with Crippen LogP contribution in [0.15, 0.2) is 5.51 Å². The van der Waals surface area contributed by atoms with Gasteiger partial charge in [-0.1, -0.05) is 13.3 Å². The van der Waals surface area contributed by atoms with E-state index < -0.39 is 5.54 Å². The van der Waals surface area contributed by atoms with Gasteiger partial charge in [-0.25, -0.2) is 4.98 Å². The van der Waals surface area contributed by atoms with Crippen LogP contribution in [0.2, 0.25) is 0 Å². The van der Waals surface area contributed by atoms with E-state index in [1.807, 2.05) is 13.8 Å². The molecular formula is C11H21Cl2N3OS. The zero-order valence-electron chi connectivity index (χ0n) is 10.9. The monoisotopic (exact) mass is 313 g/mol. The minimum Gasteiger partial charge on any atom is -0.350 e. The molecule has 0 radical (unpaired) electrons. The number of rotatable bonds is 5. The minimum atomic E-state index is -0.770. The van der Waals surface area contributed by atoms with Crippen molar-refractivity contribution in [2.45, 2.75) is 45.7 Å². The average Bonchev–Trinajstić information content (AvgIpc) is 2.60. The largest absolute Gasteiger partial charge is 0.350 e. The lowest BCUT2D eigenvalue weighted by molar-refractivity contribution is -0.126. The van der Waals surface area contributed by atoms with Gasteiger partial charge in [0.25, 0.3) is 0 Å². The summed E-state index contributed by atoms with van der Waals surface area (Å²) in [5.74, 6) is -0.0952. The first-order valence-electron chi connectivity index (χ1n) is 5.43. The third kappa shape index (κ3) is 5.52. The third-order valence-electron chi connectivity index (χ3n) is 2.54. The van der Waals surface area contributed by atoms with E-state index in [2.05, 4.69) is 10.3 Å². The smallest absolute Gasteiger partial charge is 0.240 e. The predicted molar refractivity (Wildman–Crippen MR) is 80.7 cm³/mol. The Morgan fingerprint density at radius 1 is 1.56 bits per heavy atom. The zero-order chi connectivity index (χ0) is 12.2.